The molecule has 176 valence electrons. The van der Waals surface area contributed by atoms with E-state index >= 15 is 0 Å². The van der Waals surface area contributed by atoms with Crippen LogP contribution in [0.3, 0.4) is 0 Å². The minimum atomic E-state index is -0.0560. The van der Waals surface area contributed by atoms with Crippen LogP contribution in [0.15, 0.2) is 77.2 Å². The fourth-order valence-corrected chi connectivity index (χ4v) is 5.37. The highest BCUT2D eigenvalue weighted by molar-refractivity contribution is 5.94. The molecule has 35 heavy (non-hydrogen) atoms. The van der Waals surface area contributed by atoms with Crippen molar-refractivity contribution in [3.63, 3.8) is 0 Å². The Morgan fingerprint density at radius 1 is 0.971 bits per heavy atom. The smallest absolute Gasteiger partial charge is 0.289 e. The van der Waals surface area contributed by atoms with Crippen LogP contribution in [0.25, 0.3) is 22.9 Å². The molecule has 0 unspecified atom stereocenters. The van der Waals surface area contributed by atoms with Gasteiger partial charge in [-0.15, -0.1) is 0 Å². The zero-order valence-corrected chi connectivity index (χ0v) is 19.6. The Morgan fingerprint density at radius 3 is 2.66 bits per heavy atom. The van der Waals surface area contributed by atoms with Gasteiger partial charge in [-0.05, 0) is 59.0 Å². The number of nitrogens with two attached hydrogens (primary N) is 1. The molecule has 2 aliphatic heterocycles. The largest absolute Gasteiger partial charge is 0.492 e. The molecule has 2 N–H and O–H groups in total. The van der Waals surface area contributed by atoms with Gasteiger partial charge in [0.1, 0.15) is 11.5 Å². The molecule has 1 spiro atoms. The normalized spacial score (nSPS) is 16.7. The number of amides is 1. The highest BCUT2D eigenvalue weighted by Crippen LogP contribution is 2.46. The molecule has 1 saturated heterocycles. The summed E-state index contributed by atoms with van der Waals surface area (Å²) in [4.78, 5) is 15.1. The van der Waals surface area contributed by atoms with Crippen LogP contribution >= 0.6 is 0 Å². The summed E-state index contributed by atoms with van der Waals surface area (Å²) in [6.45, 7) is 2.54. The summed E-state index contributed by atoms with van der Waals surface area (Å²) in [7, 11) is 0. The number of furan rings is 1. The SMILES string of the molecule is NCc1ccc2c(c1)C1(CCN(C(=O)c3ccc(C=Cc4cccc5ccccc45)o3)CC1)CO2. The minimum absolute atomic E-state index is 0.0349. The van der Waals surface area contributed by atoms with Gasteiger partial charge in [0, 0.05) is 30.6 Å². The molecule has 2 aliphatic rings. The number of carbonyl (C=O) groups is 1. The summed E-state index contributed by atoms with van der Waals surface area (Å²) >= 11 is 0. The van der Waals surface area contributed by atoms with E-state index in [1.165, 1.54) is 16.3 Å². The van der Waals surface area contributed by atoms with Gasteiger partial charge in [-0.3, -0.25) is 4.79 Å². The van der Waals surface area contributed by atoms with Gasteiger partial charge in [0.2, 0.25) is 0 Å². The lowest BCUT2D eigenvalue weighted by Gasteiger charge is -2.38. The van der Waals surface area contributed by atoms with Gasteiger partial charge in [0.25, 0.3) is 5.91 Å². The Hall–Kier alpha value is -3.83. The quantitative estimate of drug-likeness (QED) is 0.425. The van der Waals surface area contributed by atoms with Crippen molar-refractivity contribution in [1.82, 2.24) is 4.90 Å². The van der Waals surface area contributed by atoms with Crippen LogP contribution in [0.4, 0.5) is 0 Å². The van der Waals surface area contributed by atoms with Crippen molar-refractivity contribution in [3.8, 4) is 5.75 Å². The molecule has 1 amide bonds. The number of piperidine rings is 1. The first kappa shape index (κ1) is 21.7. The number of likely N-dealkylation sites (tertiary alicyclic amines) is 1. The topological polar surface area (TPSA) is 68.7 Å². The number of rotatable bonds is 4. The van der Waals surface area contributed by atoms with Crippen LogP contribution in [-0.2, 0) is 12.0 Å². The summed E-state index contributed by atoms with van der Waals surface area (Å²) < 4.78 is 11.9. The van der Waals surface area contributed by atoms with Crippen molar-refractivity contribution in [3.05, 3.63) is 101 Å². The van der Waals surface area contributed by atoms with E-state index in [1.807, 2.05) is 53.5 Å². The number of benzene rings is 3. The summed E-state index contributed by atoms with van der Waals surface area (Å²) in [6.07, 6.45) is 5.70. The average molecular weight is 465 g/mol. The Bertz CT molecular complexity index is 1420. The molecule has 5 heteroatoms. The summed E-state index contributed by atoms with van der Waals surface area (Å²) in [6, 6.07) is 24.4. The van der Waals surface area contributed by atoms with Crippen molar-refractivity contribution < 1.29 is 13.9 Å². The van der Waals surface area contributed by atoms with Crippen molar-refractivity contribution in [2.75, 3.05) is 19.7 Å². The second kappa shape index (κ2) is 8.75. The Kier molecular flexibility index (Phi) is 5.42. The van der Waals surface area contributed by atoms with E-state index in [4.69, 9.17) is 14.9 Å². The molecule has 3 aromatic carbocycles. The first-order chi connectivity index (χ1) is 17.1. The van der Waals surface area contributed by atoms with Crippen LogP contribution in [0.5, 0.6) is 5.75 Å². The number of carbonyl (C=O) groups excluding carboxylic acids is 1. The first-order valence-corrected chi connectivity index (χ1v) is 12.2. The second-order valence-corrected chi connectivity index (χ2v) is 9.50. The monoisotopic (exact) mass is 464 g/mol. The van der Waals surface area contributed by atoms with Gasteiger partial charge in [-0.1, -0.05) is 60.7 Å². The molecule has 6 rings (SSSR count). The second-order valence-electron chi connectivity index (χ2n) is 9.50. The van der Waals surface area contributed by atoms with Gasteiger partial charge < -0.3 is 19.8 Å². The standard InChI is InChI=1S/C30H28N2O3/c31-19-21-8-12-27-26(18-21)30(20-34-27)14-16-32(17-15-30)29(33)28-13-11-24(35-28)10-9-23-6-3-5-22-4-1-2-7-25(22)23/h1-13,18H,14-17,19-20,31H2. The number of fused-ring (bicyclic) bond motifs is 3. The summed E-state index contributed by atoms with van der Waals surface area (Å²) in [5, 5.41) is 2.38. The van der Waals surface area contributed by atoms with E-state index < -0.39 is 0 Å². The van der Waals surface area contributed by atoms with Crippen molar-refractivity contribution in [2.45, 2.75) is 24.8 Å². The molecule has 0 aliphatic carbocycles. The highest BCUT2D eigenvalue weighted by atomic mass is 16.5. The third-order valence-electron chi connectivity index (χ3n) is 7.45. The van der Waals surface area contributed by atoms with Gasteiger partial charge in [0.15, 0.2) is 5.76 Å². The van der Waals surface area contributed by atoms with E-state index in [9.17, 15) is 4.79 Å². The summed E-state index contributed by atoms with van der Waals surface area (Å²) in [5.74, 6) is 1.95. The zero-order valence-electron chi connectivity index (χ0n) is 19.6. The van der Waals surface area contributed by atoms with E-state index in [0.717, 1.165) is 29.7 Å². The Labute approximate surface area is 204 Å². The maximum absolute atomic E-state index is 13.2. The maximum Gasteiger partial charge on any atom is 0.289 e. The molecular weight excluding hydrogens is 436 g/mol. The summed E-state index contributed by atoms with van der Waals surface area (Å²) in [5.41, 5.74) is 9.30. The lowest BCUT2D eigenvalue weighted by atomic mass is 9.74. The van der Waals surface area contributed by atoms with Crippen LogP contribution < -0.4 is 10.5 Å². The maximum atomic E-state index is 13.2. The van der Waals surface area contributed by atoms with Crippen molar-refractivity contribution >= 4 is 28.8 Å². The van der Waals surface area contributed by atoms with Crippen LogP contribution in [0, 0.1) is 0 Å². The van der Waals surface area contributed by atoms with E-state index in [0.29, 0.717) is 37.8 Å². The first-order valence-electron chi connectivity index (χ1n) is 12.2. The van der Waals surface area contributed by atoms with Crippen LogP contribution in [-0.4, -0.2) is 30.5 Å². The molecular formula is C30H28N2O3. The molecule has 5 nitrogen and oxygen atoms in total. The number of ether oxygens (including phenoxy) is 1. The Morgan fingerprint density at radius 2 is 1.80 bits per heavy atom. The molecule has 3 heterocycles. The molecule has 1 aromatic heterocycles. The number of hydrogen-bond donors (Lipinski definition) is 1. The molecule has 0 bridgehead atoms. The molecule has 0 atom stereocenters. The van der Waals surface area contributed by atoms with Crippen molar-refractivity contribution in [1.29, 1.82) is 0 Å². The third kappa shape index (κ3) is 3.92. The fourth-order valence-electron chi connectivity index (χ4n) is 5.37. The van der Waals surface area contributed by atoms with Crippen LogP contribution in [0.2, 0.25) is 0 Å². The number of hydrogen-bond acceptors (Lipinski definition) is 4. The molecule has 0 radical (unpaired) electrons. The van der Waals surface area contributed by atoms with Crippen molar-refractivity contribution in [2.24, 2.45) is 5.73 Å². The van der Waals surface area contributed by atoms with Gasteiger partial charge in [0.05, 0.1) is 6.61 Å². The molecule has 1 fully saturated rings. The third-order valence-corrected chi connectivity index (χ3v) is 7.45. The molecule has 0 saturated carbocycles. The predicted molar refractivity (Wildman–Crippen MR) is 138 cm³/mol. The minimum Gasteiger partial charge on any atom is -0.492 e. The van der Waals surface area contributed by atoms with Gasteiger partial charge in [-0.25, -0.2) is 0 Å². The lowest BCUT2D eigenvalue weighted by molar-refractivity contribution is 0.0615. The fraction of sp³-hybridized carbons (Fsp3) is 0.233. The Balaban J connectivity index is 1.15. The lowest BCUT2D eigenvalue weighted by Crippen LogP contribution is -2.46. The highest BCUT2D eigenvalue weighted by Gasteiger charge is 2.44. The number of nitrogens with zero attached hydrogens (tertiary/aromatic N) is 1. The van der Waals surface area contributed by atoms with E-state index in [1.54, 1.807) is 6.07 Å². The average Bonchev–Trinajstić information content (AvgIpc) is 3.52. The van der Waals surface area contributed by atoms with E-state index in [2.05, 4.69) is 30.3 Å². The van der Waals surface area contributed by atoms with Gasteiger partial charge in [-0.2, -0.15) is 0 Å². The molecule has 4 aromatic rings. The van der Waals surface area contributed by atoms with E-state index in [-0.39, 0.29) is 11.3 Å². The predicted octanol–water partition coefficient (Wildman–Crippen LogP) is 5.63. The van der Waals surface area contributed by atoms with Gasteiger partial charge >= 0.3 is 0 Å². The van der Waals surface area contributed by atoms with Crippen LogP contribution in [0.1, 0.15) is 45.8 Å². The zero-order chi connectivity index (χ0) is 23.8.